The monoisotopic (exact) mass is 678 g/mol. The Hall–Kier alpha value is -4.61. The molecule has 2 atom stereocenters. The van der Waals surface area contributed by atoms with E-state index in [-0.39, 0.29) is 19.5 Å². The van der Waals surface area contributed by atoms with Crippen LogP contribution in [0, 0.1) is 11.8 Å². The standard InChI is InChI=1S/C39H46N6O5/c1-47-27-50-32-21-29-10-5-6-11-33(29)36(22-32)45-14-12-34-35(25-45)40-38(48-19-7-13-42-23-30-20-31(30)24-42)41-37(34)43-15-17-44(18-16-43)39(46)49-26-28-8-3-2-4-9-28/h2-6,8-11,21-22,30-31H,7,12-20,23-27H2,1H3. The highest BCUT2D eigenvalue weighted by atomic mass is 16.7. The number of carbonyl (C=O) groups is 1. The third kappa shape index (κ3) is 7.29. The summed E-state index contributed by atoms with van der Waals surface area (Å²) in [5.74, 6) is 3.56. The number of carbonyl (C=O) groups excluding carboxylic acids is 1. The minimum atomic E-state index is -0.280. The molecule has 0 spiro atoms. The van der Waals surface area contributed by atoms with Crippen LogP contribution in [0.25, 0.3) is 10.8 Å². The fourth-order valence-electron chi connectivity index (χ4n) is 7.70. The molecule has 3 aromatic carbocycles. The van der Waals surface area contributed by atoms with Gasteiger partial charge in [0.2, 0.25) is 0 Å². The number of benzene rings is 3. The predicted octanol–water partition coefficient (Wildman–Crippen LogP) is 5.35. The number of methoxy groups -OCH3 is 1. The van der Waals surface area contributed by atoms with Gasteiger partial charge in [-0.15, -0.1) is 0 Å². The highest BCUT2D eigenvalue weighted by Gasteiger charge is 2.44. The van der Waals surface area contributed by atoms with Crippen molar-refractivity contribution in [3.63, 3.8) is 0 Å². The first-order valence-electron chi connectivity index (χ1n) is 18.0. The van der Waals surface area contributed by atoms with Crippen molar-refractivity contribution in [3.05, 3.63) is 83.6 Å². The number of likely N-dealkylation sites (tertiary alicyclic amines) is 1. The molecule has 0 radical (unpaired) electrons. The topological polar surface area (TPSA) is 92.7 Å². The Labute approximate surface area is 293 Å². The summed E-state index contributed by atoms with van der Waals surface area (Å²) in [6, 6.07) is 22.8. The minimum Gasteiger partial charge on any atom is -0.467 e. The second kappa shape index (κ2) is 14.7. The van der Waals surface area contributed by atoms with Gasteiger partial charge in [-0.3, -0.25) is 0 Å². The SMILES string of the molecule is COCOc1cc(N2CCc3c(nc(OCCCN4CC5CC5C4)nc3N3CCN(C(=O)OCc4ccccc4)CC3)C2)c2ccccc2c1. The van der Waals surface area contributed by atoms with Crippen LogP contribution in [0.15, 0.2) is 66.7 Å². The maximum atomic E-state index is 12.9. The average Bonchev–Trinajstić information content (AvgIpc) is 3.78. The summed E-state index contributed by atoms with van der Waals surface area (Å²) in [5, 5.41) is 2.28. The Morgan fingerprint density at radius 2 is 1.68 bits per heavy atom. The van der Waals surface area contributed by atoms with E-state index in [0.29, 0.717) is 45.3 Å². The first kappa shape index (κ1) is 32.6. The van der Waals surface area contributed by atoms with Crippen LogP contribution in [-0.2, 0) is 29.0 Å². The summed E-state index contributed by atoms with van der Waals surface area (Å²) in [4.78, 5) is 32.0. The quantitative estimate of drug-likeness (QED) is 0.144. The molecular formula is C39H46N6O5. The fraction of sp³-hybridized carbons (Fsp3) is 0.462. The molecule has 3 aliphatic heterocycles. The zero-order valence-corrected chi connectivity index (χ0v) is 28.8. The predicted molar refractivity (Wildman–Crippen MR) is 192 cm³/mol. The van der Waals surface area contributed by atoms with E-state index in [9.17, 15) is 4.79 Å². The summed E-state index contributed by atoms with van der Waals surface area (Å²) in [6.07, 6.45) is 2.88. The molecule has 11 nitrogen and oxygen atoms in total. The van der Waals surface area contributed by atoms with Crippen molar-refractivity contribution in [2.75, 3.05) is 82.7 Å². The third-order valence-corrected chi connectivity index (χ3v) is 10.5. The van der Waals surface area contributed by atoms with Crippen molar-refractivity contribution in [1.29, 1.82) is 0 Å². The normalized spacial score (nSPS) is 20.1. The second-order valence-corrected chi connectivity index (χ2v) is 13.9. The Balaban J connectivity index is 0.995. The van der Waals surface area contributed by atoms with Crippen molar-refractivity contribution in [1.82, 2.24) is 19.8 Å². The van der Waals surface area contributed by atoms with E-state index in [1.807, 2.05) is 30.3 Å². The van der Waals surface area contributed by atoms with Crippen molar-refractivity contribution >= 4 is 28.4 Å². The van der Waals surface area contributed by atoms with Crippen LogP contribution < -0.4 is 19.3 Å². The molecule has 1 aliphatic carbocycles. The van der Waals surface area contributed by atoms with Crippen LogP contribution in [0.3, 0.4) is 0 Å². The highest BCUT2D eigenvalue weighted by Crippen LogP contribution is 2.44. The van der Waals surface area contributed by atoms with Gasteiger partial charge in [-0.05, 0) is 48.1 Å². The van der Waals surface area contributed by atoms with E-state index in [1.54, 1.807) is 12.0 Å². The van der Waals surface area contributed by atoms with Gasteiger partial charge in [-0.25, -0.2) is 4.79 Å². The van der Waals surface area contributed by atoms with Gasteiger partial charge in [0.15, 0.2) is 6.79 Å². The maximum absolute atomic E-state index is 12.9. The van der Waals surface area contributed by atoms with Crippen molar-refractivity contribution in [2.45, 2.75) is 32.4 Å². The molecule has 2 unspecified atom stereocenters. The van der Waals surface area contributed by atoms with Crippen LogP contribution in [0.4, 0.5) is 16.3 Å². The Morgan fingerprint density at radius 3 is 2.50 bits per heavy atom. The van der Waals surface area contributed by atoms with E-state index < -0.39 is 0 Å². The van der Waals surface area contributed by atoms with Crippen LogP contribution in [0.5, 0.6) is 11.8 Å². The molecule has 0 bridgehead atoms. The van der Waals surface area contributed by atoms with Gasteiger partial charge in [0.1, 0.15) is 18.2 Å². The molecule has 1 saturated carbocycles. The molecular weight excluding hydrogens is 632 g/mol. The number of amides is 1. The molecule has 3 fully saturated rings. The Bertz CT molecular complexity index is 1790. The number of ether oxygens (including phenoxy) is 4. The summed E-state index contributed by atoms with van der Waals surface area (Å²) < 4.78 is 23.0. The summed E-state index contributed by atoms with van der Waals surface area (Å²) >= 11 is 0. The molecule has 4 aromatic rings. The van der Waals surface area contributed by atoms with E-state index >= 15 is 0 Å². The first-order chi connectivity index (χ1) is 24.6. The lowest BCUT2D eigenvalue weighted by Gasteiger charge is -2.38. The molecule has 1 aromatic heterocycles. The van der Waals surface area contributed by atoms with Crippen molar-refractivity contribution < 1.29 is 23.7 Å². The highest BCUT2D eigenvalue weighted by molar-refractivity contribution is 5.95. The largest absolute Gasteiger partial charge is 0.467 e. The number of nitrogens with zero attached hydrogens (tertiary/aromatic N) is 6. The third-order valence-electron chi connectivity index (χ3n) is 10.5. The molecule has 8 rings (SSSR count). The molecule has 4 heterocycles. The number of fused-ring (bicyclic) bond motifs is 3. The zero-order valence-electron chi connectivity index (χ0n) is 28.8. The number of aromatic nitrogens is 2. The summed E-state index contributed by atoms with van der Waals surface area (Å²) in [6.45, 7) is 8.44. The van der Waals surface area contributed by atoms with Crippen LogP contribution in [-0.4, -0.2) is 98.7 Å². The number of rotatable bonds is 12. The molecule has 50 heavy (non-hydrogen) atoms. The number of hydrogen-bond donors (Lipinski definition) is 0. The average molecular weight is 679 g/mol. The summed E-state index contributed by atoms with van der Waals surface area (Å²) in [5.41, 5.74) is 4.22. The first-order valence-corrected chi connectivity index (χ1v) is 18.0. The molecule has 4 aliphatic rings. The van der Waals surface area contributed by atoms with Crippen molar-refractivity contribution in [3.8, 4) is 11.8 Å². The lowest BCUT2D eigenvalue weighted by Crippen LogP contribution is -2.49. The van der Waals surface area contributed by atoms with E-state index in [4.69, 9.17) is 28.9 Å². The number of anilines is 2. The molecule has 1 amide bonds. The van der Waals surface area contributed by atoms with Crippen LogP contribution >= 0.6 is 0 Å². The van der Waals surface area contributed by atoms with E-state index in [2.05, 4.69) is 51.1 Å². The minimum absolute atomic E-state index is 0.189. The van der Waals surface area contributed by atoms with Crippen LogP contribution in [0.1, 0.15) is 29.7 Å². The Kier molecular flexibility index (Phi) is 9.58. The number of piperidine rings is 1. The lowest BCUT2D eigenvalue weighted by molar-refractivity contribution is 0.0512. The smallest absolute Gasteiger partial charge is 0.410 e. The van der Waals surface area contributed by atoms with E-state index in [1.165, 1.54) is 24.9 Å². The molecule has 11 heteroatoms. The van der Waals surface area contributed by atoms with Gasteiger partial charge >= 0.3 is 12.1 Å². The van der Waals surface area contributed by atoms with Gasteiger partial charge in [0, 0.05) is 82.2 Å². The lowest BCUT2D eigenvalue weighted by atomic mass is 10.0. The van der Waals surface area contributed by atoms with Crippen LogP contribution in [0.2, 0.25) is 0 Å². The zero-order chi connectivity index (χ0) is 33.9. The van der Waals surface area contributed by atoms with Crippen molar-refractivity contribution in [2.24, 2.45) is 11.8 Å². The van der Waals surface area contributed by atoms with Gasteiger partial charge in [0.25, 0.3) is 0 Å². The summed E-state index contributed by atoms with van der Waals surface area (Å²) in [7, 11) is 1.63. The molecule has 262 valence electrons. The Morgan fingerprint density at radius 1 is 0.880 bits per heavy atom. The molecule has 0 N–H and O–H groups in total. The number of piperazine rings is 1. The molecule has 2 saturated heterocycles. The van der Waals surface area contributed by atoms with Gasteiger partial charge in [-0.1, -0.05) is 54.6 Å². The maximum Gasteiger partial charge on any atom is 0.410 e. The van der Waals surface area contributed by atoms with E-state index in [0.717, 1.165) is 77.2 Å². The second-order valence-electron chi connectivity index (χ2n) is 13.9. The fourth-order valence-corrected chi connectivity index (χ4v) is 7.70. The van der Waals surface area contributed by atoms with Gasteiger partial charge < -0.3 is 38.5 Å². The van der Waals surface area contributed by atoms with Gasteiger partial charge in [-0.2, -0.15) is 9.97 Å². The van der Waals surface area contributed by atoms with Gasteiger partial charge in [0.05, 0.1) is 18.8 Å². The number of hydrogen-bond acceptors (Lipinski definition) is 10.